The lowest BCUT2D eigenvalue weighted by molar-refractivity contribution is -0.384. The molecule has 3 aromatic carbocycles. The van der Waals surface area contributed by atoms with Gasteiger partial charge in [0, 0.05) is 12.1 Å². The van der Waals surface area contributed by atoms with Crippen LogP contribution in [0.15, 0.2) is 60.7 Å². The molecular weight excluding hydrogens is 459 g/mol. The number of nitrogens with one attached hydrogen (secondary N) is 1. The second kappa shape index (κ2) is 11.2. The molecular formula is C29H29FN2O4. The number of carbonyl (C=O) groups is 1. The van der Waals surface area contributed by atoms with Crippen molar-refractivity contribution in [3.05, 3.63) is 93.3 Å². The van der Waals surface area contributed by atoms with Gasteiger partial charge in [-0.1, -0.05) is 55.7 Å². The van der Waals surface area contributed by atoms with Crippen LogP contribution in [0.5, 0.6) is 0 Å². The van der Waals surface area contributed by atoms with Gasteiger partial charge in [0.2, 0.25) is 0 Å². The molecule has 0 aromatic heterocycles. The third-order valence-corrected chi connectivity index (χ3v) is 6.87. The fourth-order valence-electron chi connectivity index (χ4n) is 4.83. The van der Waals surface area contributed by atoms with Crippen LogP contribution in [0.3, 0.4) is 0 Å². The molecule has 0 radical (unpaired) electrons. The number of anilines is 1. The highest BCUT2D eigenvalue weighted by molar-refractivity contribution is 5.94. The molecule has 0 bridgehead atoms. The third kappa shape index (κ3) is 5.97. The molecule has 36 heavy (non-hydrogen) atoms. The number of halogens is 1. The third-order valence-electron chi connectivity index (χ3n) is 6.87. The van der Waals surface area contributed by atoms with E-state index in [1.165, 1.54) is 43.5 Å². The number of hydrogen-bond donors (Lipinski definition) is 2. The number of nitro benzene ring substituents is 1. The number of carboxylic acids is 1. The highest BCUT2D eigenvalue weighted by atomic mass is 19.1. The summed E-state index contributed by atoms with van der Waals surface area (Å²) in [6.07, 6.45) is 9.20. The molecule has 1 saturated carbocycles. The summed E-state index contributed by atoms with van der Waals surface area (Å²) in [5.41, 5.74) is 3.09. The number of benzene rings is 3. The van der Waals surface area contributed by atoms with Gasteiger partial charge in [-0.3, -0.25) is 10.1 Å². The van der Waals surface area contributed by atoms with Gasteiger partial charge in [-0.25, -0.2) is 9.18 Å². The van der Waals surface area contributed by atoms with Crippen molar-refractivity contribution in [3.8, 4) is 11.1 Å². The first-order valence-corrected chi connectivity index (χ1v) is 12.2. The van der Waals surface area contributed by atoms with E-state index in [0.29, 0.717) is 22.7 Å². The summed E-state index contributed by atoms with van der Waals surface area (Å²) in [5.74, 6) is -0.933. The van der Waals surface area contributed by atoms with Gasteiger partial charge in [0.1, 0.15) is 11.5 Å². The molecule has 0 saturated heterocycles. The van der Waals surface area contributed by atoms with Crippen LogP contribution in [0.4, 0.5) is 15.8 Å². The molecule has 0 heterocycles. The second-order valence-electron chi connectivity index (χ2n) is 9.31. The zero-order chi connectivity index (χ0) is 25.7. The molecule has 0 amide bonds. The van der Waals surface area contributed by atoms with Gasteiger partial charge in [0.15, 0.2) is 0 Å². The van der Waals surface area contributed by atoms with Crippen molar-refractivity contribution in [2.45, 2.75) is 45.1 Å². The van der Waals surface area contributed by atoms with Crippen LogP contribution >= 0.6 is 0 Å². The van der Waals surface area contributed by atoms with Gasteiger partial charge in [-0.15, -0.1) is 0 Å². The monoisotopic (exact) mass is 488 g/mol. The van der Waals surface area contributed by atoms with Gasteiger partial charge < -0.3 is 10.4 Å². The Bertz CT molecular complexity index is 1280. The predicted octanol–water partition coefficient (Wildman–Crippen LogP) is 7.65. The van der Waals surface area contributed by atoms with Crippen LogP contribution in [-0.2, 0) is 0 Å². The van der Waals surface area contributed by atoms with E-state index in [2.05, 4.69) is 12.2 Å². The Morgan fingerprint density at radius 2 is 1.72 bits per heavy atom. The van der Waals surface area contributed by atoms with Crippen LogP contribution in [0.25, 0.3) is 23.3 Å². The van der Waals surface area contributed by atoms with Crippen molar-refractivity contribution in [2.75, 3.05) is 5.32 Å². The number of aromatic carboxylic acids is 1. The molecule has 6 nitrogen and oxygen atoms in total. The fourth-order valence-corrected chi connectivity index (χ4v) is 4.83. The molecule has 1 unspecified atom stereocenters. The molecule has 186 valence electrons. The van der Waals surface area contributed by atoms with Crippen molar-refractivity contribution in [1.82, 2.24) is 0 Å². The molecule has 2 N–H and O–H groups in total. The normalized spacial score (nSPS) is 15.1. The van der Waals surface area contributed by atoms with E-state index in [-0.39, 0.29) is 23.1 Å². The second-order valence-corrected chi connectivity index (χ2v) is 9.31. The molecule has 1 fully saturated rings. The lowest BCUT2D eigenvalue weighted by Crippen LogP contribution is -2.27. The molecule has 7 heteroatoms. The minimum atomic E-state index is -1.08. The number of hydrogen-bond acceptors (Lipinski definition) is 4. The van der Waals surface area contributed by atoms with Gasteiger partial charge in [-0.05, 0) is 78.3 Å². The van der Waals surface area contributed by atoms with E-state index in [1.807, 2.05) is 0 Å². The average Bonchev–Trinajstić information content (AvgIpc) is 2.88. The minimum absolute atomic E-state index is 0.0154. The highest BCUT2D eigenvalue weighted by Gasteiger charge is 2.23. The van der Waals surface area contributed by atoms with Crippen molar-refractivity contribution < 1.29 is 19.2 Å². The lowest BCUT2D eigenvalue weighted by atomic mass is 9.84. The summed E-state index contributed by atoms with van der Waals surface area (Å²) in [7, 11) is 0. The molecule has 1 atom stereocenters. The summed E-state index contributed by atoms with van der Waals surface area (Å²) < 4.78 is 13.3. The van der Waals surface area contributed by atoms with Gasteiger partial charge >= 0.3 is 5.97 Å². The summed E-state index contributed by atoms with van der Waals surface area (Å²) in [6.45, 7) is 2.08. The molecule has 1 aliphatic carbocycles. The average molecular weight is 489 g/mol. The maximum atomic E-state index is 13.3. The Labute approximate surface area is 209 Å². The summed E-state index contributed by atoms with van der Waals surface area (Å²) in [4.78, 5) is 23.2. The van der Waals surface area contributed by atoms with E-state index in [9.17, 15) is 24.4 Å². The van der Waals surface area contributed by atoms with Crippen LogP contribution in [0.1, 0.15) is 60.5 Å². The maximum Gasteiger partial charge on any atom is 0.336 e. The Kier molecular flexibility index (Phi) is 7.78. The van der Waals surface area contributed by atoms with E-state index in [4.69, 9.17) is 0 Å². The van der Waals surface area contributed by atoms with Gasteiger partial charge in [0.05, 0.1) is 10.5 Å². The first-order valence-electron chi connectivity index (χ1n) is 12.2. The van der Waals surface area contributed by atoms with Gasteiger partial charge in [0.25, 0.3) is 5.69 Å². The molecule has 0 spiro atoms. The standard InChI is InChI=1S/C29H29FN2O4/c1-19(21-5-3-2-4-6-21)31-27-16-8-20(17-28(27)32(35)36)7-9-24-18-23(12-15-26(24)29(33)34)22-10-13-25(30)14-11-22/h7-19,21,31H,2-6H2,1H3,(H,33,34). The topological polar surface area (TPSA) is 92.5 Å². The smallest absolute Gasteiger partial charge is 0.336 e. The van der Waals surface area contributed by atoms with E-state index in [1.54, 1.807) is 48.6 Å². The van der Waals surface area contributed by atoms with Crippen molar-refractivity contribution in [2.24, 2.45) is 5.92 Å². The maximum absolute atomic E-state index is 13.3. The molecule has 0 aliphatic heterocycles. The fraction of sp³-hybridized carbons (Fsp3) is 0.276. The Hall–Kier alpha value is -4.00. The van der Waals surface area contributed by atoms with E-state index in [0.717, 1.165) is 24.0 Å². The number of rotatable bonds is 8. The molecule has 1 aliphatic rings. The molecule has 4 rings (SSSR count). The Balaban J connectivity index is 1.60. The van der Waals surface area contributed by atoms with Crippen LogP contribution in [0, 0.1) is 21.8 Å². The largest absolute Gasteiger partial charge is 0.478 e. The quantitative estimate of drug-likeness (QED) is 0.193. The van der Waals surface area contributed by atoms with Gasteiger partial charge in [-0.2, -0.15) is 0 Å². The number of carboxylic acid groups (broad SMARTS) is 1. The highest BCUT2D eigenvalue weighted by Crippen LogP contribution is 2.32. The van der Waals surface area contributed by atoms with Crippen molar-refractivity contribution in [3.63, 3.8) is 0 Å². The zero-order valence-corrected chi connectivity index (χ0v) is 20.1. The lowest BCUT2D eigenvalue weighted by Gasteiger charge is -2.28. The van der Waals surface area contributed by atoms with Crippen molar-refractivity contribution >= 4 is 29.5 Å². The Morgan fingerprint density at radius 1 is 1.03 bits per heavy atom. The van der Waals surface area contributed by atoms with Crippen LogP contribution in [0.2, 0.25) is 0 Å². The first kappa shape index (κ1) is 25.1. The summed E-state index contributed by atoms with van der Waals surface area (Å²) in [5, 5.41) is 24.8. The summed E-state index contributed by atoms with van der Waals surface area (Å²) >= 11 is 0. The van der Waals surface area contributed by atoms with Crippen LogP contribution in [-0.4, -0.2) is 22.0 Å². The number of nitro groups is 1. The number of nitrogens with zero attached hydrogens (tertiary/aromatic N) is 1. The van der Waals surface area contributed by atoms with Crippen molar-refractivity contribution in [1.29, 1.82) is 0 Å². The SMILES string of the molecule is CC(Nc1ccc(C=Cc2cc(-c3ccc(F)cc3)ccc2C(=O)O)cc1[N+](=O)[O-])C1CCCCC1. The molecule has 3 aromatic rings. The zero-order valence-electron chi connectivity index (χ0n) is 20.1. The first-order chi connectivity index (χ1) is 17.3. The van der Waals surface area contributed by atoms with Crippen LogP contribution < -0.4 is 5.32 Å². The Morgan fingerprint density at radius 3 is 2.39 bits per heavy atom. The minimum Gasteiger partial charge on any atom is -0.478 e. The summed E-state index contributed by atoms with van der Waals surface area (Å²) in [6, 6.07) is 16.0. The van der Waals surface area contributed by atoms with E-state index >= 15 is 0 Å². The van der Waals surface area contributed by atoms with E-state index < -0.39 is 10.9 Å². The predicted molar refractivity (Wildman–Crippen MR) is 140 cm³/mol.